The van der Waals surface area contributed by atoms with Crippen LogP contribution in [0.5, 0.6) is 0 Å². The SMILES string of the molecule is CC1CC(CN)CN1C(=O)CS(=O)(=O)Cc1cccc(Br)c1.Cl. The van der Waals surface area contributed by atoms with Gasteiger partial charge in [-0.3, -0.25) is 4.79 Å². The average molecular weight is 426 g/mol. The summed E-state index contributed by atoms with van der Waals surface area (Å²) in [6, 6.07) is 7.17. The molecular formula is C15H22BrClN2O3S. The Morgan fingerprint density at radius 3 is 2.70 bits per heavy atom. The first kappa shape index (κ1) is 20.4. The van der Waals surface area contributed by atoms with Crippen LogP contribution < -0.4 is 5.73 Å². The number of rotatable bonds is 5. The Morgan fingerprint density at radius 1 is 1.43 bits per heavy atom. The number of carbonyl (C=O) groups is 1. The molecule has 0 spiro atoms. The van der Waals surface area contributed by atoms with Crippen molar-refractivity contribution >= 4 is 44.1 Å². The third-order valence-electron chi connectivity index (χ3n) is 3.93. The minimum Gasteiger partial charge on any atom is -0.339 e. The molecule has 0 aliphatic carbocycles. The van der Waals surface area contributed by atoms with Crippen LogP contribution in [-0.4, -0.2) is 44.1 Å². The number of amides is 1. The Hall–Kier alpha value is -0.630. The second-order valence-electron chi connectivity index (χ2n) is 5.89. The van der Waals surface area contributed by atoms with Gasteiger partial charge in [0, 0.05) is 17.1 Å². The Kier molecular flexibility index (Phi) is 7.51. The van der Waals surface area contributed by atoms with Crippen molar-refractivity contribution in [1.29, 1.82) is 0 Å². The van der Waals surface area contributed by atoms with Gasteiger partial charge < -0.3 is 10.6 Å². The Bertz CT molecular complexity index is 654. The first-order chi connectivity index (χ1) is 10.3. The summed E-state index contributed by atoms with van der Waals surface area (Å²) in [5.74, 6) is -0.618. The van der Waals surface area contributed by atoms with Crippen molar-refractivity contribution in [3.05, 3.63) is 34.3 Å². The van der Waals surface area contributed by atoms with E-state index >= 15 is 0 Å². The van der Waals surface area contributed by atoms with E-state index in [0.717, 1.165) is 10.9 Å². The van der Waals surface area contributed by atoms with Gasteiger partial charge >= 0.3 is 0 Å². The summed E-state index contributed by atoms with van der Waals surface area (Å²) in [4.78, 5) is 13.9. The highest BCUT2D eigenvalue weighted by Crippen LogP contribution is 2.23. The van der Waals surface area contributed by atoms with Gasteiger partial charge in [-0.1, -0.05) is 28.1 Å². The summed E-state index contributed by atoms with van der Waals surface area (Å²) in [6.07, 6.45) is 0.841. The van der Waals surface area contributed by atoms with Gasteiger partial charge in [0.25, 0.3) is 0 Å². The van der Waals surface area contributed by atoms with Gasteiger partial charge in [0.15, 0.2) is 9.84 Å². The van der Waals surface area contributed by atoms with Gasteiger partial charge in [0.1, 0.15) is 5.75 Å². The molecule has 2 rings (SSSR count). The number of benzene rings is 1. The standard InChI is InChI=1S/C15H21BrN2O3S.ClH/c1-11-5-13(7-17)8-18(11)15(19)10-22(20,21)9-12-3-2-4-14(16)6-12;/h2-4,6,11,13H,5,7-10,17H2,1H3;1H. The fourth-order valence-electron chi connectivity index (χ4n) is 2.86. The third-order valence-corrected chi connectivity index (χ3v) is 5.89. The van der Waals surface area contributed by atoms with Crippen molar-refractivity contribution in [2.75, 3.05) is 18.8 Å². The van der Waals surface area contributed by atoms with Crippen molar-refractivity contribution < 1.29 is 13.2 Å². The minimum absolute atomic E-state index is 0. The molecule has 1 fully saturated rings. The number of carbonyl (C=O) groups excluding carboxylic acids is 1. The van der Waals surface area contributed by atoms with E-state index in [0.29, 0.717) is 18.7 Å². The number of sulfone groups is 1. The lowest BCUT2D eigenvalue weighted by atomic mass is 10.1. The smallest absolute Gasteiger partial charge is 0.238 e. The fraction of sp³-hybridized carbons (Fsp3) is 0.533. The largest absolute Gasteiger partial charge is 0.339 e. The molecule has 1 aliphatic rings. The molecule has 1 aromatic carbocycles. The number of nitrogens with zero attached hydrogens (tertiary/aromatic N) is 1. The molecule has 1 aromatic rings. The van der Waals surface area contributed by atoms with E-state index in [1.54, 1.807) is 23.1 Å². The fourth-order valence-corrected chi connectivity index (χ4v) is 4.64. The lowest BCUT2D eigenvalue weighted by molar-refractivity contribution is -0.129. The Labute approximate surface area is 152 Å². The van der Waals surface area contributed by atoms with Crippen LogP contribution >= 0.6 is 28.3 Å². The lowest BCUT2D eigenvalue weighted by Crippen LogP contribution is -2.38. The number of hydrogen-bond acceptors (Lipinski definition) is 4. The zero-order chi connectivity index (χ0) is 16.3. The highest BCUT2D eigenvalue weighted by Gasteiger charge is 2.33. The van der Waals surface area contributed by atoms with Crippen LogP contribution in [0, 0.1) is 5.92 Å². The van der Waals surface area contributed by atoms with E-state index in [-0.39, 0.29) is 36.0 Å². The molecular weight excluding hydrogens is 404 g/mol. The maximum absolute atomic E-state index is 12.3. The van der Waals surface area contributed by atoms with Crippen molar-refractivity contribution in [3.8, 4) is 0 Å². The van der Waals surface area contributed by atoms with Crippen molar-refractivity contribution in [3.63, 3.8) is 0 Å². The summed E-state index contributed by atoms with van der Waals surface area (Å²) in [7, 11) is -3.48. The van der Waals surface area contributed by atoms with E-state index in [1.807, 2.05) is 13.0 Å². The van der Waals surface area contributed by atoms with Gasteiger partial charge in [-0.05, 0) is 43.5 Å². The maximum Gasteiger partial charge on any atom is 0.238 e. The van der Waals surface area contributed by atoms with Gasteiger partial charge in [-0.15, -0.1) is 12.4 Å². The van der Waals surface area contributed by atoms with E-state index < -0.39 is 15.6 Å². The first-order valence-electron chi connectivity index (χ1n) is 7.25. The maximum atomic E-state index is 12.3. The van der Waals surface area contributed by atoms with Crippen LogP contribution in [0.2, 0.25) is 0 Å². The van der Waals surface area contributed by atoms with E-state index in [2.05, 4.69) is 15.9 Å². The predicted molar refractivity (Wildman–Crippen MR) is 97.2 cm³/mol. The summed E-state index contributed by atoms with van der Waals surface area (Å²) in [5, 5.41) is 0. The van der Waals surface area contributed by atoms with E-state index in [1.165, 1.54) is 0 Å². The quantitative estimate of drug-likeness (QED) is 0.782. The molecule has 1 saturated heterocycles. The van der Waals surface area contributed by atoms with Crippen LogP contribution in [-0.2, 0) is 20.4 Å². The highest BCUT2D eigenvalue weighted by atomic mass is 79.9. The number of hydrogen-bond donors (Lipinski definition) is 1. The van der Waals surface area contributed by atoms with Gasteiger partial charge in [-0.2, -0.15) is 0 Å². The predicted octanol–water partition coefficient (Wildman–Crippen LogP) is 1.98. The van der Waals surface area contributed by atoms with Crippen LogP contribution in [0.1, 0.15) is 18.9 Å². The molecule has 2 N–H and O–H groups in total. The topological polar surface area (TPSA) is 80.5 Å². The summed E-state index contributed by atoms with van der Waals surface area (Å²) in [6.45, 7) is 3.02. The molecule has 2 unspecified atom stereocenters. The van der Waals surface area contributed by atoms with E-state index in [9.17, 15) is 13.2 Å². The molecule has 8 heteroatoms. The Balaban J connectivity index is 0.00000264. The van der Waals surface area contributed by atoms with Crippen LogP contribution in [0.3, 0.4) is 0 Å². The second-order valence-corrected chi connectivity index (χ2v) is 8.87. The molecule has 0 saturated carbocycles. The molecule has 130 valence electrons. The van der Waals surface area contributed by atoms with E-state index in [4.69, 9.17) is 5.73 Å². The monoisotopic (exact) mass is 424 g/mol. The number of halogens is 2. The highest BCUT2D eigenvalue weighted by molar-refractivity contribution is 9.10. The number of nitrogens with two attached hydrogens (primary N) is 1. The third kappa shape index (κ3) is 5.74. The van der Waals surface area contributed by atoms with Crippen LogP contribution in [0.25, 0.3) is 0 Å². The summed E-state index contributed by atoms with van der Waals surface area (Å²) >= 11 is 3.31. The normalized spacial score (nSPS) is 21.1. The summed E-state index contributed by atoms with van der Waals surface area (Å²) in [5.41, 5.74) is 6.32. The second kappa shape index (κ2) is 8.46. The molecule has 1 aliphatic heterocycles. The van der Waals surface area contributed by atoms with Gasteiger partial charge in [0.2, 0.25) is 5.91 Å². The molecule has 5 nitrogen and oxygen atoms in total. The molecule has 23 heavy (non-hydrogen) atoms. The summed E-state index contributed by atoms with van der Waals surface area (Å²) < 4.78 is 25.3. The molecule has 1 amide bonds. The lowest BCUT2D eigenvalue weighted by Gasteiger charge is -2.21. The van der Waals surface area contributed by atoms with Crippen molar-refractivity contribution in [1.82, 2.24) is 4.90 Å². The van der Waals surface area contributed by atoms with Gasteiger partial charge in [0.05, 0.1) is 5.75 Å². The van der Waals surface area contributed by atoms with Gasteiger partial charge in [-0.25, -0.2) is 8.42 Å². The van der Waals surface area contributed by atoms with Crippen LogP contribution in [0.4, 0.5) is 0 Å². The number of likely N-dealkylation sites (tertiary alicyclic amines) is 1. The first-order valence-corrected chi connectivity index (χ1v) is 9.86. The molecule has 0 radical (unpaired) electrons. The molecule has 0 bridgehead atoms. The minimum atomic E-state index is -3.48. The van der Waals surface area contributed by atoms with Crippen molar-refractivity contribution in [2.45, 2.75) is 25.1 Å². The zero-order valence-electron chi connectivity index (χ0n) is 12.9. The molecule has 1 heterocycles. The average Bonchev–Trinajstić information content (AvgIpc) is 2.79. The molecule has 0 aromatic heterocycles. The van der Waals surface area contributed by atoms with Crippen molar-refractivity contribution in [2.24, 2.45) is 11.7 Å². The van der Waals surface area contributed by atoms with Crippen LogP contribution in [0.15, 0.2) is 28.7 Å². The Morgan fingerprint density at radius 2 is 2.13 bits per heavy atom. The molecule has 2 atom stereocenters. The zero-order valence-corrected chi connectivity index (χ0v) is 16.2.